The molecule has 0 aliphatic heterocycles. The van der Waals surface area contributed by atoms with Gasteiger partial charge in [0.15, 0.2) is 0 Å². The van der Waals surface area contributed by atoms with Crippen LogP contribution in [0.1, 0.15) is 58.2 Å². The second-order valence-corrected chi connectivity index (χ2v) is 12.1. The minimum Gasteiger partial charge on any atom is -0.308 e. The summed E-state index contributed by atoms with van der Waals surface area (Å²) >= 11 is 0. The predicted molar refractivity (Wildman–Crippen MR) is 143 cm³/mol. The number of para-hydroxylation sites is 1. The quantitative estimate of drug-likeness (QED) is 0.188. The van der Waals surface area contributed by atoms with Crippen LogP contribution in [0.3, 0.4) is 0 Å². The maximum absolute atomic E-state index is 4.99. The highest BCUT2D eigenvalue weighted by molar-refractivity contribution is 6.28. The highest BCUT2D eigenvalue weighted by atomic mass is 14.9. The fraction of sp³-hybridized carbons (Fsp3) is 0.323. The van der Waals surface area contributed by atoms with Gasteiger partial charge < -0.3 is 4.40 Å². The van der Waals surface area contributed by atoms with Gasteiger partial charge in [0.1, 0.15) is 0 Å². The van der Waals surface area contributed by atoms with Crippen molar-refractivity contribution < 1.29 is 0 Å². The molecule has 0 radical (unpaired) electrons. The molecule has 2 nitrogen and oxygen atoms in total. The largest absolute Gasteiger partial charge is 0.308 e. The molecule has 6 rings (SSSR count). The average molecular weight is 433 g/mol. The fourth-order valence-corrected chi connectivity index (χ4v) is 5.83. The molecule has 33 heavy (non-hydrogen) atoms. The highest BCUT2D eigenvalue weighted by Gasteiger charge is 2.27. The van der Waals surface area contributed by atoms with E-state index in [0.717, 1.165) is 11.9 Å². The van der Waals surface area contributed by atoms with E-state index in [4.69, 9.17) is 4.98 Å². The number of pyridine rings is 2. The molecule has 3 aromatic heterocycles. The monoisotopic (exact) mass is 432 g/mol. The Morgan fingerprint density at radius 1 is 0.818 bits per heavy atom. The van der Waals surface area contributed by atoms with Crippen LogP contribution in [0.5, 0.6) is 0 Å². The second kappa shape index (κ2) is 6.47. The Morgan fingerprint density at radius 3 is 2.30 bits per heavy atom. The first-order valence-corrected chi connectivity index (χ1v) is 12.0. The first-order valence-electron chi connectivity index (χ1n) is 12.0. The number of aryl methyl sites for hydroxylation is 1. The normalized spacial score (nSPS) is 13.4. The first kappa shape index (κ1) is 20.5. The molecule has 0 spiro atoms. The van der Waals surface area contributed by atoms with Gasteiger partial charge in [-0.2, -0.15) is 0 Å². The van der Waals surface area contributed by atoms with Gasteiger partial charge in [0.05, 0.1) is 22.1 Å². The summed E-state index contributed by atoms with van der Waals surface area (Å²) in [5.74, 6) is 0. The zero-order valence-electron chi connectivity index (χ0n) is 20.8. The van der Waals surface area contributed by atoms with Gasteiger partial charge >= 0.3 is 0 Å². The standard InChI is InChI=1S/C31H32N2/c1-18-14-22-27-26-19(12-13-32-27)16-20(17-30(2,3)4)25-21-10-8-9-11-24(21)33(29(25)26)28(22)23(15-18)31(5,6)7/h8-16H,17H2,1-7H3. The van der Waals surface area contributed by atoms with E-state index in [-0.39, 0.29) is 10.8 Å². The van der Waals surface area contributed by atoms with Gasteiger partial charge in [-0.05, 0) is 58.9 Å². The Balaban J connectivity index is 2.02. The van der Waals surface area contributed by atoms with Crippen LogP contribution < -0.4 is 0 Å². The Morgan fingerprint density at radius 2 is 1.58 bits per heavy atom. The molecule has 3 aromatic carbocycles. The minimum atomic E-state index is 0.0161. The van der Waals surface area contributed by atoms with Gasteiger partial charge in [-0.3, -0.25) is 4.98 Å². The summed E-state index contributed by atoms with van der Waals surface area (Å²) in [6.45, 7) is 16.2. The molecule has 0 aliphatic carbocycles. The van der Waals surface area contributed by atoms with Crippen molar-refractivity contribution in [3.05, 3.63) is 71.4 Å². The summed E-state index contributed by atoms with van der Waals surface area (Å²) in [6.07, 6.45) is 3.03. The van der Waals surface area contributed by atoms with Crippen LogP contribution in [-0.4, -0.2) is 9.38 Å². The van der Waals surface area contributed by atoms with Crippen molar-refractivity contribution in [1.82, 2.24) is 9.38 Å². The summed E-state index contributed by atoms with van der Waals surface area (Å²) in [4.78, 5) is 4.99. The van der Waals surface area contributed by atoms with E-state index in [2.05, 4.69) is 101 Å². The van der Waals surface area contributed by atoms with Crippen LogP contribution in [0.2, 0.25) is 0 Å². The van der Waals surface area contributed by atoms with Gasteiger partial charge in [-0.1, -0.05) is 77.4 Å². The van der Waals surface area contributed by atoms with Crippen molar-refractivity contribution in [1.29, 1.82) is 0 Å². The number of hydrogen-bond acceptors (Lipinski definition) is 1. The summed E-state index contributed by atoms with van der Waals surface area (Å²) in [6, 6.07) is 18.3. The third-order valence-corrected chi connectivity index (χ3v) is 7.01. The van der Waals surface area contributed by atoms with Crippen LogP contribution >= 0.6 is 0 Å². The van der Waals surface area contributed by atoms with Crippen LogP contribution in [-0.2, 0) is 11.8 Å². The Hall–Kier alpha value is -3.13. The predicted octanol–water partition coefficient (Wildman–Crippen LogP) is 8.58. The van der Waals surface area contributed by atoms with Crippen LogP contribution in [0, 0.1) is 12.3 Å². The number of fused-ring (bicyclic) bond motifs is 6. The Labute approximate surface area is 195 Å². The van der Waals surface area contributed by atoms with Gasteiger partial charge in [-0.25, -0.2) is 0 Å². The number of benzene rings is 3. The second-order valence-electron chi connectivity index (χ2n) is 12.1. The molecule has 0 unspecified atom stereocenters. The minimum absolute atomic E-state index is 0.0161. The van der Waals surface area contributed by atoms with Gasteiger partial charge in [-0.15, -0.1) is 0 Å². The van der Waals surface area contributed by atoms with Crippen molar-refractivity contribution in [3.8, 4) is 0 Å². The molecule has 3 heterocycles. The fourth-order valence-electron chi connectivity index (χ4n) is 5.83. The molecule has 0 amide bonds. The zero-order chi connectivity index (χ0) is 23.3. The lowest BCUT2D eigenvalue weighted by Gasteiger charge is -2.25. The third-order valence-electron chi connectivity index (χ3n) is 7.01. The maximum Gasteiger partial charge on any atom is 0.0822 e. The van der Waals surface area contributed by atoms with Crippen LogP contribution in [0.15, 0.2) is 54.7 Å². The summed E-state index contributed by atoms with van der Waals surface area (Å²) in [7, 11) is 0. The summed E-state index contributed by atoms with van der Waals surface area (Å²) in [5.41, 5.74) is 9.38. The van der Waals surface area contributed by atoms with Crippen molar-refractivity contribution >= 4 is 49.0 Å². The van der Waals surface area contributed by atoms with Crippen LogP contribution in [0.25, 0.3) is 49.0 Å². The molecule has 2 heteroatoms. The van der Waals surface area contributed by atoms with E-state index in [1.165, 1.54) is 60.2 Å². The molecule has 0 saturated heterocycles. The molecule has 0 fully saturated rings. The third kappa shape index (κ3) is 2.89. The van der Waals surface area contributed by atoms with E-state index in [9.17, 15) is 0 Å². The Kier molecular flexibility index (Phi) is 4.01. The zero-order valence-corrected chi connectivity index (χ0v) is 20.8. The van der Waals surface area contributed by atoms with Gasteiger partial charge in [0.25, 0.3) is 0 Å². The molecule has 0 atom stereocenters. The number of hydrogen-bond donors (Lipinski definition) is 0. The summed E-state index contributed by atoms with van der Waals surface area (Å²) < 4.78 is 2.56. The molecule has 0 aliphatic rings. The molecule has 0 bridgehead atoms. The maximum atomic E-state index is 4.99. The Bertz CT molecular complexity index is 1700. The van der Waals surface area contributed by atoms with Crippen molar-refractivity contribution in [2.24, 2.45) is 5.41 Å². The summed E-state index contributed by atoms with van der Waals surface area (Å²) in [5, 5.41) is 6.58. The molecule has 6 aromatic rings. The lowest BCUT2D eigenvalue weighted by Crippen LogP contribution is -2.14. The molecular weight excluding hydrogens is 400 g/mol. The van der Waals surface area contributed by atoms with Gasteiger partial charge in [0.2, 0.25) is 0 Å². The van der Waals surface area contributed by atoms with E-state index >= 15 is 0 Å². The number of aromatic nitrogens is 2. The van der Waals surface area contributed by atoms with E-state index in [0.29, 0.717) is 0 Å². The van der Waals surface area contributed by atoms with Crippen molar-refractivity contribution in [2.45, 2.75) is 60.3 Å². The number of nitrogens with zero attached hydrogens (tertiary/aromatic N) is 2. The lowest BCUT2D eigenvalue weighted by molar-refractivity contribution is 0.413. The van der Waals surface area contributed by atoms with E-state index < -0.39 is 0 Å². The average Bonchev–Trinajstić information content (AvgIpc) is 3.07. The topological polar surface area (TPSA) is 17.3 Å². The lowest BCUT2D eigenvalue weighted by atomic mass is 9.83. The first-order chi connectivity index (χ1) is 15.5. The van der Waals surface area contributed by atoms with Crippen molar-refractivity contribution in [3.63, 3.8) is 0 Å². The smallest absolute Gasteiger partial charge is 0.0822 e. The van der Waals surface area contributed by atoms with E-state index in [1.807, 2.05) is 6.20 Å². The highest BCUT2D eigenvalue weighted by Crippen LogP contribution is 2.45. The molecule has 0 saturated carbocycles. The van der Waals surface area contributed by atoms with Gasteiger partial charge in [0, 0.05) is 27.7 Å². The number of rotatable bonds is 1. The van der Waals surface area contributed by atoms with Crippen LogP contribution in [0.4, 0.5) is 0 Å². The van der Waals surface area contributed by atoms with Crippen molar-refractivity contribution in [2.75, 3.05) is 0 Å². The molecular formula is C31H32N2. The molecule has 166 valence electrons. The molecule has 0 N–H and O–H groups in total. The van der Waals surface area contributed by atoms with E-state index in [1.54, 1.807) is 0 Å². The SMILES string of the molecule is Cc1cc(C(C)(C)C)c2c(c1)c1nccc3cc(CC(C)(C)C)c4c5ccccc5n2c4c31.